The van der Waals surface area contributed by atoms with Gasteiger partial charge in [-0.05, 0) is 156 Å². The van der Waals surface area contributed by atoms with Crippen LogP contribution in [0.5, 0.6) is 0 Å². The zero-order valence-electron chi connectivity index (χ0n) is 30.4. The first kappa shape index (κ1) is 30.6. The molecule has 1 spiro atoms. The van der Waals surface area contributed by atoms with Crippen LogP contribution in [0.4, 0.5) is 17.1 Å². The Balaban J connectivity index is 0.961. The maximum atomic E-state index is 2.61. The second kappa shape index (κ2) is 11.6. The van der Waals surface area contributed by atoms with E-state index in [1.165, 1.54) is 81.9 Å². The van der Waals surface area contributed by atoms with Crippen LogP contribution in [0.3, 0.4) is 0 Å². The maximum Gasteiger partial charge on any atom is 0.0542 e. The zero-order chi connectivity index (χ0) is 35.4. The lowest BCUT2D eigenvalue weighted by molar-refractivity contribution is -0.0399. The Morgan fingerprint density at radius 2 is 1.02 bits per heavy atom. The summed E-state index contributed by atoms with van der Waals surface area (Å²) in [6.45, 7) is 0. The summed E-state index contributed by atoms with van der Waals surface area (Å²) in [5.74, 6) is 3.43. The van der Waals surface area contributed by atoms with Crippen molar-refractivity contribution in [3.63, 3.8) is 0 Å². The van der Waals surface area contributed by atoms with Crippen LogP contribution in [0, 0.1) is 23.7 Å². The highest BCUT2D eigenvalue weighted by Gasteiger charge is 2.61. The summed E-state index contributed by atoms with van der Waals surface area (Å²) in [5.41, 5.74) is 16.1. The molecule has 0 aliphatic heterocycles. The minimum atomic E-state index is 0.182. The van der Waals surface area contributed by atoms with E-state index in [0.29, 0.717) is 0 Å². The molecule has 4 saturated carbocycles. The molecule has 5 aliphatic rings. The number of hydrogen-bond acceptors (Lipinski definition) is 1. The van der Waals surface area contributed by atoms with Gasteiger partial charge in [-0.15, -0.1) is 0 Å². The SMILES string of the molecule is c1ccc(N(c2ccc(-c3ccc4c(c3)C3(c5ccccc5-4)C4CC5CC(C4)CC3C5)cc2)c2ccc3c(c2)c2ccccc2n3-c2ccccc2)cc1. The second-order valence-corrected chi connectivity index (χ2v) is 16.6. The maximum absolute atomic E-state index is 2.61. The van der Waals surface area contributed by atoms with E-state index in [9.17, 15) is 0 Å². The number of rotatable bonds is 5. The van der Waals surface area contributed by atoms with Crippen LogP contribution in [0.25, 0.3) is 49.7 Å². The van der Waals surface area contributed by atoms with Crippen LogP contribution in [0.2, 0.25) is 0 Å². The number of nitrogens with zero attached hydrogens (tertiary/aromatic N) is 2. The Hall–Kier alpha value is -5.86. The van der Waals surface area contributed by atoms with E-state index >= 15 is 0 Å². The molecule has 0 saturated heterocycles. The summed E-state index contributed by atoms with van der Waals surface area (Å²) in [7, 11) is 0. The molecule has 0 radical (unpaired) electrons. The average Bonchev–Trinajstić information content (AvgIpc) is 3.71. The number of para-hydroxylation sites is 3. The molecule has 7 aromatic carbocycles. The molecule has 4 fully saturated rings. The van der Waals surface area contributed by atoms with Gasteiger partial charge >= 0.3 is 0 Å². The largest absolute Gasteiger partial charge is 0.310 e. The summed E-state index contributed by atoms with van der Waals surface area (Å²) in [4.78, 5) is 2.40. The molecule has 260 valence electrons. The first-order valence-corrected chi connectivity index (χ1v) is 20.0. The van der Waals surface area contributed by atoms with Crippen molar-refractivity contribution in [2.45, 2.75) is 37.5 Å². The fraction of sp³-hybridized carbons (Fsp3) is 0.192. The van der Waals surface area contributed by atoms with E-state index in [1.807, 2.05) is 0 Å². The van der Waals surface area contributed by atoms with E-state index in [1.54, 1.807) is 11.1 Å². The van der Waals surface area contributed by atoms with Crippen LogP contribution in [-0.2, 0) is 5.41 Å². The summed E-state index contributed by atoms with van der Waals surface area (Å²) >= 11 is 0. The van der Waals surface area contributed by atoms with E-state index in [0.717, 1.165) is 40.7 Å². The predicted molar refractivity (Wildman–Crippen MR) is 224 cm³/mol. The molecule has 54 heavy (non-hydrogen) atoms. The van der Waals surface area contributed by atoms with Gasteiger partial charge in [-0.1, -0.05) is 103 Å². The lowest BCUT2D eigenvalue weighted by atomic mass is 9.43. The van der Waals surface area contributed by atoms with E-state index < -0.39 is 0 Å². The number of anilines is 3. The Kier molecular flexibility index (Phi) is 6.55. The van der Waals surface area contributed by atoms with Crippen molar-refractivity contribution in [1.29, 1.82) is 0 Å². The lowest BCUT2D eigenvalue weighted by Gasteiger charge is -2.61. The third-order valence-electron chi connectivity index (χ3n) is 14.0. The molecule has 5 aliphatic carbocycles. The fourth-order valence-corrected chi connectivity index (χ4v) is 12.1. The van der Waals surface area contributed by atoms with Gasteiger partial charge in [0.25, 0.3) is 0 Å². The average molecular weight is 695 g/mol. The van der Waals surface area contributed by atoms with Crippen LogP contribution in [-0.4, -0.2) is 4.57 Å². The van der Waals surface area contributed by atoms with Gasteiger partial charge < -0.3 is 9.47 Å². The molecule has 8 aromatic rings. The van der Waals surface area contributed by atoms with Crippen molar-refractivity contribution >= 4 is 38.9 Å². The quantitative estimate of drug-likeness (QED) is 0.174. The van der Waals surface area contributed by atoms with Crippen LogP contribution in [0.1, 0.15) is 43.2 Å². The summed E-state index contributed by atoms with van der Waals surface area (Å²) < 4.78 is 2.39. The third-order valence-corrected chi connectivity index (χ3v) is 14.0. The van der Waals surface area contributed by atoms with Crippen molar-refractivity contribution in [3.05, 3.63) is 181 Å². The smallest absolute Gasteiger partial charge is 0.0542 e. The first-order chi connectivity index (χ1) is 26.7. The normalized spacial score (nSPS) is 23.3. The number of aromatic nitrogens is 1. The number of benzene rings is 7. The molecule has 2 nitrogen and oxygen atoms in total. The molecule has 0 N–H and O–H groups in total. The highest BCUT2D eigenvalue weighted by atomic mass is 15.1. The van der Waals surface area contributed by atoms with Gasteiger partial charge in [-0.3, -0.25) is 0 Å². The van der Waals surface area contributed by atoms with Crippen molar-refractivity contribution in [2.24, 2.45) is 23.7 Å². The van der Waals surface area contributed by atoms with Crippen molar-refractivity contribution in [2.75, 3.05) is 4.90 Å². The number of fused-ring (bicyclic) bond motifs is 6. The highest BCUT2D eigenvalue weighted by Crippen LogP contribution is 2.69. The molecule has 1 aromatic heterocycles. The molecule has 2 heteroatoms. The standard InChI is InChI=1S/C52H42N2/c1-3-11-40(12-4-1)53(43-24-26-51-47(33-43)46-16-8-10-18-50(46)54(51)41-13-5-2-6-14-41)42-22-19-36(20-23-42)37-21-25-45-44-15-7-9-17-48(44)52(49(45)32-37)38-28-34-27-35(30-38)31-39(52)29-34/h1-26,32-35,38-39H,27-31H2. The molecular formula is C52H42N2. The highest BCUT2D eigenvalue weighted by molar-refractivity contribution is 6.10. The third kappa shape index (κ3) is 4.28. The second-order valence-electron chi connectivity index (χ2n) is 16.6. The molecule has 4 bridgehead atoms. The summed E-state index contributed by atoms with van der Waals surface area (Å²) in [6, 6.07) is 63.5. The van der Waals surface area contributed by atoms with Gasteiger partial charge in [-0.2, -0.15) is 0 Å². The Morgan fingerprint density at radius 3 is 1.80 bits per heavy atom. The zero-order valence-corrected chi connectivity index (χ0v) is 30.4. The van der Waals surface area contributed by atoms with Gasteiger partial charge in [-0.25, -0.2) is 0 Å². The first-order valence-electron chi connectivity index (χ1n) is 20.0. The van der Waals surface area contributed by atoms with Crippen LogP contribution in [0.15, 0.2) is 170 Å². The minimum absolute atomic E-state index is 0.182. The molecule has 13 rings (SSSR count). The van der Waals surface area contributed by atoms with E-state index in [-0.39, 0.29) is 5.41 Å². The van der Waals surface area contributed by atoms with E-state index in [4.69, 9.17) is 0 Å². The summed E-state index contributed by atoms with van der Waals surface area (Å²) in [6.07, 6.45) is 7.12. The molecule has 1 heterocycles. The van der Waals surface area contributed by atoms with Crippen molar-refractivity contribution in [3.8, 4) is 27.9 Å². The molecule has 0 atom stereocenters. The van der Waals surface area contributed by atoms with Gasteiger partial charge in [0.2, 0.25) is 0 Å². The fourth-order valence-electron chi connectivity index (χ4n) is 12.1. The van der Waals surface area contributed by atoms with Gasteiger partial charge in [0.05, 0.1) is 11.0 Å². The minimum Gasteiger partial charge on any atom is -0.310 e. The van der Waals surface area contributed by atoms with Gasteiger partial charge in [0.1, 0.15) is 0 Å². The number of hydrogen-bond donors (Lipinski definition) is 0. The van der Waals surface area contributed by atoms with Crippen LogP contribution < -0.4 is 4.90 Å². The Bertz CT molecular complexity index is 2690. The molecular weight excluding hydrogens is 653 g/mol. The Labute approximate surface area is 317 Å². The molecule has 0 amide bonds. The van der Waals surface area contributed by atoms with Gasteiger partial charge in [0.15, 0.2) is 0 Å². The molecule has 0 unspecified atom stereocenters. The monoisotopic (exact) mass is 694 g/mol. The Morgan fingerprint density at radius 1 is 0.426 bits per heavy atom. The topological polar surface area (TPSA) is 8.17 Å². The van der Waals surface area contributed by atoms with Gasteiger partial charge in [0, 0.05) is 38.9 Å². The van der Waals surface area contributed by atoms with E-state index in [2.05, 4.69) is 179 Å². The lowest BCUT2D eigenvalue weighted by Crippen LogP contribution is -2.55. The van der Waals surface area contributed by atoms with Crippen LogP contribution >= 0.6 is 0 Å². The van der Waals surface area contributed by atoms with Crippen molar-refractivity contribution < 1.29 is 0 Å². The summed E-state index contributed by atoms with van der Waals surface area (Å²) in [5, 5.41) is 2.51. The van der Waals surface area contributed by atoms with Crippen molar-refractivity contribution in [1.82, 2.24) is 4.57 Å². The predicted octanol–water partition coefficient (Wildman–Crippen LogP) is 13.6.